The molecule has 1 saturated carbocycles. The average molecular weight is 388 g/mol. The molecule has 144 valence electrons. The summed E-state index contributed by atoms with van der Waals surface area (Å²) in [5, 5.41) is 5.17. The van der Waals surface area contributed by atoms with Crippen molar-refractivity contribution in [3.05, 3.63) is 52.2 Å². The molecule has 0 bridgehead atoms. The van der Waals surface area contributed by atoms with Crippen LogP contribution >= 0.6 is 11.3 Å². The highest BCUT2D eigenvalue weighted by Crippen LogP contribution is 2.42. The number of ether oxygens (including phenoxy) is 2. The van der Waals surface area contributed by atoms with Crippen molar-refractivity contribution in [3.8, 4) is 5.75 Å². The molecule has 1 fully saturated rings. The van der Waals surface area contributed by atoms with E-state index in [1.807, 2.05) is 18.2 Å². The highest BCUT2D eigenvalue weighted by molar-refractivity contribution is 7.10. The van der Waals surface area contributed by atoms with E-state index in [9.17, 15) is 9.59 Å². The van der Waals surface area contributed by atoms with E-state index in [-0.39, 0.29) is 23.4 Å². The maximum atomic E-state index is 12.7. The van der Waals surface area contributed by atoms with Crippen molar-refractivity contribution in [1.29, 1.82) is 0 Å². The third-order valence-electron chi connectivity index (χ3n) is 5.21. The first-order valence-electron chi connectivity index (χ1n) is 9.16. The number of rotatable bonds is 6. The predicted octanol–water partition coefficient (Wildman–Crippen LogP) is 3.93. The van der Waals surface area contributed by atoms with Gasteiger partial charge in [0.1, 0.15) is 11.9 Å². The average Bonchev–Trinajstić information content (AvgIpc) is 3.22. The topological polar surface area (TPSA) is 64.6 Å². The summed E-state index contributed by atoms with van der Waals surface area (Å²) in [5.74, 6) is 0.206. The van der Waals surface area contributed by atoms with Crippen LogP contribution in [0.25, 0.3) is 0 Å². The second-order valence-corrected chi connectivity index (χ2v) is 7.90. The molecule has 1 amide bonds. The molecular formula is C21H25NO4S. The fraction of sp³-hybridized carbons (Fsp3) is 0.429. The van der Waals surface area contributed by atoms with Gasteiger partial charge in [0.05, 0.1) is 12.7 Å². The minimum absolute atomic E-state index is 0.0273. The largest absolute Gasteiger partial charge is 0.496 e. The van der Waals surface area contributed by atoms with Crippen LogP contribution in [0, 0.1) is 0 Å². The molecular weight excluding hydrogens is 362 g/mol. The molecule has 0 spiro atoms. The maximum Gasteiger partial charge on any atom is 0.302 e. The van der Waals surface area contributed by atoms with Crippen molar-refractivity contribution in [2.45, 2.75) is 44.1 Å². The summed E-state index contributed by atoms with van der Waals surface area (Å²) in [4.78, 5) is 25.2. The number of carbonyl (C=O) groups excluding carboxylic acids is 2. The van der Waals surface area contributed by atoms with Crippen LogP contribution in [0.2, 0.25) is 0 Å². The fourth-order valence-electron chi connectivity index (χ4n) is 3.76. The Morgan fingerprint density at radius 3 is 2.56 bits per heavy atom. The Kier molecular flexibility index (Phi) is 6.16. The van der Waals surface area contributed by atoms with E-state index in [0.717, 1.165) is 25.7 Å². The molecule has 0 saturated heterocycles. The van der Waals surface area contributed by atoms with Crippen LogP contribution in [0.5, 0.6) is 5.75 Å². The highest BCUT2D eigenvalue weighted by atomic mass is 32.1. The Morgan fingerprint density at radius 2 is 1.93 bits per heavy atom. The summed E-state index contributed by atoms with van der Waals surface area (Å²) >= 11 is 1.71. The quantitative estimate of drug-likeness (QED) is 0.763. The second kappa shape index (κ2) is 8.57. The minimum Gasteiger partial charge on any atom is -0.496 e. The van der Waals surface area contributed by atoms with Gasteiger partial charge in [-0.15, -0.1) is 11.3 Å². The fourth-order valence-corrected chi connectivity index (χ4v) is 4.75. The zero-order valence-corrected chi connectivity index (χ0v) is 16.5. The van der Waals surface area contributed by atoms with Gasteiger partial charge in [0.25, 0.3) is 5.91 Å². The number of hydrogen-bond donors (Lipinski definition) is 1. The Hall–Kier alpha value is -2.34. The standard InChI is InChI=1S/C21H25NO4S/c1-15(23)26-16-9-11-21(12-10-16,19-8-5-13-27-19)14-22-20(24)17-6-3-4-7-18(17)25-2/h3-8,13,16H,9-12,14H2,1-2H3,(H,22,24). The molecule has 0 atom stereocenters. The molecule has 0 aliphatic heterocycles. The van der Waals surface area contributed by atoms with Gasteiger partial charge in [-0.3, -0.25) is 9.59 Å². The van der Waals surface area contributed by atoms with E-state index in [1.165, 1.54) is 11.8 Å². The van der Waals surface area contributed by atoms with Crippen molar-refractivity contribution in [2.24, 2.45) is 0 Å². The van der Waals surface area contributed by atoms with Crippen LogP contribution in [0.15, 0.2) is 41.8 Å². The molecule has 1 aromatic carbocycles. The van der Waals surface area contributed by atoms with Crippen molar-refractivity contribution >= 4 is 23.2 Å². The number of carbonyl (C=O) groups is 2. The van der Waals surface area contributed by atoms with E-state index < -0.39 is 0 Å². The number of hydrogen-bond acceptors (Lipinski definition) is 5. The number of benzene rings is 1. The van der Waals surface area contributed by atoms with E-state index in [4.69, 9.17) is 9.47 Å². The van der Waals surface area contributed by atoms with E-state index in [1.54, 1.807) is 30.6 Å². The lowest BCUT2D eigenvalue weighted by Gasteiger charge is -2.39. The molecule has 1 N–H and O–H groups in total. The van der Waals surface area contributed by atoms with Gasteiger partial charge >= 0.3 is 5.97 Å². The smallest absolute Gasteiger partial charge is 0.302 e. The van der Waals surface area contributed by atoms with Crippen LogP contribution in [0.3, 0.4) is 0 Å². The van der Waals surface area contributed by atoms with Crippen LogP contribution < -0.4 is 10.1 Å². The van der Waals surface area contributed by atoms with Crippen molar-refractivity contribution in [1.82, 2.24) is 5.32 Å². The molecule has 0 unspecified atom stereocenters. The maximum absolute atomic E-state index is 12.7. The normalized spacial score (nSPS) is 22.1. The van der Waals surface area contributed by atoms with Crippen LogP contribution in [0.4, 0.5) is 0 Å². The summed E-state index contributed by atoms with van der Waals surface area (Å²) in [6.45, 7) is 2.01. The zero-order valence-electron chi connectivity index (χ0n) is 15.7. The summed E-state index contributed by atoms with van der Waals surface area (Å²) in [6, 6.07) is 11.4. The van der Waals surface area contributed by atoms with Crippen LogP contribution in [-0.2, 0) is 14.9 Å². The predicted molar refractivity (Wildman–Crippen MR) is 105 cm³/mol. The third-order valence-corrected chi connectivity index (χ3v) is 6.32. The van der Waals surface area contributed by atoms with Gasteiger partial charge in [-0.05, 0) is 49.3 Å². The lowest BCUT2D eigenvalue weighted by Crippen LogP contribution is -2.44. The third kappa shape index (κ3) is 4.50. The Bertz CT molecular complexity index is 779. The molecule has 6 heteroatoms. The molecule has 1 aromatic heterocycles. The Labute approximate surface area is 163 Å². The van der Waals surface area contributed by atoms with Gasteiger partial charge in [0.15, 0.2) is 0 Å². The Morgan fingerprint density at radius 1 is 1.19 bits per heavy atom. The van der Waals surface area contributed by atoms with E-state index >= 15 is 0 Å². The van der Waals surface area contributed by atoms with Gasteiger partial charge in [-0.2, -0.15) is 0 Å². The number of thiophene rings is 1. The van der Waals surface area contributed by atoms with Crippen LogP contribution in [0.1, 0.15) is 47.8 Å². The second-order valence-electron chi connectivity index (χ2n) is 6.95. The molecule has 0 radical (unpaired) electrons. The molecule has 27 heavy (non-hydrogen) atoms. The molecule has 1 aliphatic carbocycles. The zero-order chi connectivity index (χ0) is 19.3. The summed E-state index contributed by atoms with van der Waals surface area (Å²) in [7, 11) is 1.57. The highest BCUT2D eigenvalue weighted by Gasteiger charge is 2.39. The number of para-hydroxylation sites is 1. The first kappa shape index (κ1) is 19.4. The lowest BCUT2D eigenvalue weighted by atomic mass is 9.72. The van der Waals surface area contributed by atoms with Gasteiger partial charge in [0.2, 0.25) is 0 Å². The molecule has 1 heterocycles. The monoisotopic (exact) mass is 387 g/mol. The van der Waals surface area contributed by atoms with Gasteiger partial charge < -0.3 is 14.8 Å². The first-order valence-corrected chi connectivity index (χ1v) is 10.0. The lowest BCUT2D eigenvalue weighted by molar-refractivity contribution is -0.148. The minimum atomic E-state index is -0.229. The van der Waals surface area contributed by atoms with Crippen LogP contribution in [-0.4, -0.2) is 31.6 Å². The molecule has 5 nitrogen and oxygen atoms in total. The van der Waals surface area contributed by atoms with Gasteiger partial charge in [-0.1, -0.05) is 18.2 Å². The number of nitrogens with one attached hydrogen (secondary N) is 1. The summed E-state index contributed by atoms with van der Waals surface area (Å²) in [6.07, 6.45) is 3.33. The van der Waals surface area contributed by atoms with E-state index in [2.05, 4.69) is 16.8 Å². The SMILES string of the molecule is COc1ccccc1C(=O)NCC1(c2cccs2)CCC(OC(C)=O)CC1. The van der Waals surface area contributed by atoms with Gasteiger partial charge in [-0.25, -0.2) is 0 Å². The number of amides is 1. The molecule has 2 aromatic rings. The molecule has 3 rings (SSSR count). The Balaban J connectivity index is 1.72. The summed E-state index contributed by atoms with van der Waals surface area (Å²) < 4.78 is 10.7. The van der Waals surface area contributed by atoms with Crippen molar-refractivity contribution in [3.63, 3.8) is 0 Å². The summed E-state index contributed by atoms with van der Waals surface area (Å²) in [5.41, 5.74) is 0.414. The van der Waals surface area contributed by atoms with Gasteiger partial charge in [0, 0.05) is 23.8 Å². The van der Waals surface area contributed by atoms with E-state index in [0.29, 0.717) is 17.9 Å². The first-order chi connectivity index (χ1) is 13.0. The van der Waals surface area contributed by atoms with Crippen molar-refractivity contribution in [2.75, 3.05) is 13.7 Å². The molecule has 1 aliphatic rings. The number of esters is 1. The van der Waals surface area contributed by atoms with Crippen molar-refractivity contribution < 1.29 is 19.1 Å². The number of methoxy groups -OCH3 is 1.